The Kier molecular flexibility index (Phi) is 4.85. The number of ether oxygens (including phenoxy) is 2. The van der Waals surface area contributed by atoms with Crippen LogP contribution in [0.2, 0.25) is 0 Å². The van der Waals surface area contributed by atoms with Crippen molar-refractivity contribution in [2.75, 3.05) is 13.7 Å². The van der Waals surface area contributed by atoms with Crippen LogP contribution in [0.4, 0.5) is 0 Å². The fourth-order valence-electron chi connectivity index (χ4n) is 2.45. The quantitative estimate of drug-likeness (QED) is 0.619. The van der Waals surface area contributed by atoms with Crippen molar-refractivity contribution in [2.45, 2.75) is 19.8 Å². The maximum Gasteiger partial charge on any atom is 0.193 e. The molecular weight excluding hydrogens is 304 g/mol. The van der Waals surface area contributed by atoms with Crippen LogP contribution in [0.25, 0.3) is 22.3 Å². The first-order valence-electron chi connectivity index (χ1n) is 8.06. The Morgan fingerprint density at radius 2 is 1.75 bits per heavy atom. The molecule has 1 aromatic heterocycles. The van der Waals surface area contributed by atoms with Gasteiger partial charge in [0.15, 0.2) is 5.43 Å². The van der Waals surface area contributed by atoms with Crippen LogP contribution in [-0.2, 0) is 0 Å². The SMILES string of the molecule is CCCCOc1ccc(-c2cc(=O)c3cc(OC)ccc3o2)cc1. The molecule has 0 aliphatic rings. The van der Waals surface area contributed by atoms with Gasteiger partial charge in [-0.25, -0.2) is 0 Å². The van der Waals surface area contributed by atoms with Gasteiger partial charge < -0.3 is 13.9 Å². The average Bonchev–Trinajstić information content (AvgIpc) is 2.62. The van der Waals surface area contributed by atoms with Crippen molar-refractivity contribution in [3.8, 4) is 22.8 Å². The fraction of sp³-hybridized carbons (Fsp3) is 0.250. The van der Waals surface area contributed by atoms with Crippen LogP contribution >= 0.6 is 0 Å². The molecule has 124 valence electrons. The summed E-state index contributed by atoms with van der Waals surface area (Å²) in [5.74, 6) is 1.99. The standard InChI is InChI=1S/C20H20O4/c1-3-4-11-23-15-7-5-14(6-8-15)20-13-18(21)17-12-16(22-2)9-10-19(17)24-20/h5-10,12-13H,3-4,11H2,1-2H3. The molecule has 4 nitrogen and oxygen atoms in total. The number of unbranched alkanes of at least 4 members (excludes halogenated alkanes) is 1. The maximum atomic E-state index is 12.3. The molecule has 3 rings (SSSR count). The molecule has 0 N–H and O–H groups in total. The molecule has 0 atom stereocenters. The molecule has 0 spiro atoms. The van der Waals surface area contributed by atoms with Crippen molar-refractivity contribution in [1.82, 2.24) is 0 Å². The molecular formula is C20H20O4. The van der Waals surface area contributed by atoms with Gasteiger partial charge in [0.05, 0.1) is 19.1 Å². The summed E-state index contributed by atoms with van der Waals surface area (Å²) < 4.78 is 16.7. The Balaban J connectivity index is 1.90. The number of methoxy groups -OCH3 is 1. The van der Waals surface area contributed by atoms with E-state index in [0.29, 0.717) is 29.1 Å². The van der Waals surface area contributed by atoms with E-state index < -0.39 is 0 Å². The largest absolute Gasteiger partial charge is 0.497 e. The van der Waals surface area contributed by atoms with Crippen LogP contribution in [0.15, 0.2) is 57.7 Å². The van der Waals surface area contributed by atoms with E-state index in [2.05, 4.69) is 6.92 Å². The lowest BCUT2D eigenvalue weighted by Gasteiger charge is -2.07. The normalized spacial score (nSPS) is 10.8. The lowest BCUT2D eigenvalue weighted by molar-refractivity contribution is 0.309. The number of benzene rings is 2. The second-order valence-corrected chi connectivity index (χ2v) is 5.56. The maximum absolute atomic E-state index is 12.3. The van der Waals surface area contributed by atoms with Crippen LogP contribution in [-0.4, -0.2) is 13.7 Å². The molecule has 4 heteroatoms. The Hall–Kier alpha value is -2.75. The summed E-state index contributed by atoms with van der Waals surface area (Å²) in [6.07, 6.45) is 2.13. The molecule has 0 aliphatic heterocycles. The van der Waals surface area contributed by atoms with Crippen molar-refractivity contribution in [3.63, 3.8) is 0 Å². The summed E-state index contributed by atoms with van der Waals surface area (Å²) in [4.78, 5) is 12.3. The van der Waals surface area contributed by atoms with Gasteiger partial charge in [0.1, 0.15) is 22.8 Å². The summed E-state index contributed by atoms with van der Waals surface area (Å²) in [5, 5.41) is 0.512. The molecule has 2 aromatic carbocycles. The highest BCUT2D eigenvalue weighted by Crippen LogP contribution is 2.26. The van der Waals surface area contributed by atoms with Crippen LogP contribution < -0.4 is 14.9 Å². The van der Waals surface area contributed by atoms with E-state index in [1.165, 1.54) is 6.07 Å². The van der Waals surface area contributed by atoms with Crippen LogP contribution in [0, 0.1) is 0 Å². The fourth-order valence-corrected chi connectivity index (χ4v) is 2.45. The third-order valence-corrected chi connectivity index (χ3v) is 3.84. The molecule has 0 fully saturated rings. The first kappa shape index (κ1) is 16.1. The van der Waals surface area contributed by atoms with Gasteiger partial charge in [-0.3, -0.25) is 4.79 Å². The zero-order chi connectivity index (χ0) is 16.9. The first-order valence-corrected chi connectivity index (χ1v) is 8.06. The van der Waals surface area contributed by atoms with Crippen LogP contribution in [0.5, 0.6) is 11.5 Å². The minimum absolute atomic E-state index is 0.0894. The van der Waals surface area contributed by atoms with E-state index in [1.807, 2.05) is 24.3 Å². The second-order valence-electron chi connectivity index (χ2n) is 5.56. The molecule has 24 heavy (non-hydrogen) atoms. The van der Waals surface area contributed by atoms with E-state index in [0.717, 1.165) is 24.2 Å². The highest BCUT2D eigenvalue weighted by Gasteiger charge is 2.08. The van der Waals surface area contributed by atoms with E-state index >= 15 is 0 Å². The van der Waals surface area contributed by atoms with Gasteiger partial charge >= 0.3 is 0 Å². The molecule has 0 saturated heterocycles. The van der Waals surface area contributed by atoms with Crippen LogP contribution in [0.1, 0.15) is 19.8 Å². The third kappa shape index (κ3) is 3.43. The lowest BCUT2D eigenvalue weighted by Crippen LogP contribution is -2.01. The number of hydrogen-bond acceptors (Lipinski definition) is 4. The minimum Gasteiger partial charge on any atom is -0.497 e. The van der Waals surface area contributed by atoms with Crippen molar-refractivity contribution in [1.29, 1.82) is 0 Å². The Bertz CT molecular complexity index is 878. The van der Waals surface area contributed by atoms with Crippen molar-refractivity contribution < 1.29 is 13.9 Å². The van der Waals surface area contributed by atoms with E-state index in [9.17, 15) is 4.79 Å². The van der Waals surface area contributed by atoms with Gasteiger partial charge in [0.25, 0.3) is 0 Å². The topological polar surface area (TPSA) is 48.7 Å². The molecule has 1 heterocycles. The molecule has 0 amide bonds. The lowest BCUT2D eigenvalue weighted by atomic mass is 10.1. The van der Waals surface area contributed by atoms with E-state index in [1.54, 1.807) is 25.3 Å². The summed E-state index contributed by atoms with van der Waals surface area (Å²) in [5.41, 5.74) is 1.29. The van der Waals surface area contributed by atoms with Crippen molar-refractivity contribution in [3.05, 3.63) is 58.8 Å². The monoisotopic (exact) mass is 324 g/mol. The Morgan fingerprint density at radius 3 is 2.46 bits per heavy atom. The predicted octanol–water partition coefficient (Wildman–Crippen LogP) is 4.65. The van der Waals surface area contributed by atoms with Gasteiger partial charge in [-0.2, -0.15) is 0 Å². The zero-order valence-corrected chi connectivity index (χ0v) is 13.9. The Morgan fingerprint density at radius 1 is 1.00 bits per heavy atom. The average molecular weight is 324 g/mol. The molecule has 0 radical (unpaired) electrons. The third-order valence-electron chi connectivity index (χ3n) is 3.84. The predicted molar refractivity (Wildman–Crippen MR) is 94.9 cm³/mol. The van der Waals surface area contributed by atoms with E-state index in [-0.39, 0.29) is 5.43 Å². The zero-order valence-electron chi connectivity index (χ0n) is 13.9. The highest BCUT2D eigenvalue weighted by atomic mass is 16.5. The number of rotatable bonds is 6. The summed E-state index contributed by atoms with van der Waals surface area (Å²) in [6, 6.07) is 14.3. The summed E-state index contributed by atoms with van der Waals surface area (Å²) in [7, 11) is 1.57. The highest BCUT2D eigenvalue weighted by molar-refractivity contribution is 5.80. The number of hydrogen-bond donors (Lipinski definition) is 0. The molecule has 0 aliphatic carbocycles. The second kappa shape index (κ2) is 7.21. The summed E-state index contributed by atoms with van der Waals surface area (Å²) in [6.45, 7) is 2.84. The van der Waals surface area contributed by atoms with Crippen LogP contribution in [0.3, 0.4) is 0 Å². The molecule has 3 aromatic rings. The first-order chi connectivity index (χ1) is 11.7. The van der Waals surface area contributed by atoms with Gasteiger partial charge in [-0.05, 0) is 48.9 Å². The Labute approximate surface area is 140 Å². The van der Waals surface area contributed by atoms with Crippen molar-refractivity contribution >= 4 is 11.0 Å². The van der Waals surface area contributed by atoms with Gasteiger partial charge in [-0.1, -0.05) is 13.3 Å². The smallest absolute Gasteiger partial charge is 0.193 e. The molecule has 0 bridgehead atoms. The van der Waals surface area contributed by atoms with Gasteiger partial charge in [-0.15, -0.1) is 0 Å². The molecule has 0 unspecified atom stereocenters. The van der Waals surface area contributed by atoms with Crippen molar-refractivity contribution in [2.24, 2.45) is 0 Å². The van der Waals surface area contributed by atoms with Gasteiger partial charge in [0.2, 0.25) is 0 Å². The number of fused-ring (bicyclic) bond motifs is 1. The van der Waals surface area contributed by atoms with E-state index in [4.69, 9.17) is 13.9 Å². The minimum atomic E-state index is -0.0894. The van der Waals surface area contributed by atoms with Gasteiger partial charge in [0, 0.05) is 11.6 Å². The summed E-state index contributed by atoms with van der Waals surface area (Å²) >= 11 is 0. The molecule has 0 saturated carbocycles.